The van der Waals surface area contributed by atoms with Gasteiger partial charge in [0.2, 0.25) is 17.7 Å². The number of hydrogen-bond acceptors (Lipinski definition) is 5. The van der Waals surface area contributed by atoms with Crippen molar-refractivity contribution in [3.8, 4) is 0 Å². The number of benzene rings is 2. The van der Waals surface area contributed by atoms with Gasteiger partial charge in [-0.25, -0.2) is 0 Å². The molecule has 0 bridgehead atoms. The molecule has 2 atom stereocenters. The zero-order chi connectivity index (χ0) is 31.9. The average Bonchev–Trinajstić information content (AvgIpc) is 3.04. The van der Waals surface area contributed by atoms with E-state index in [2.05, 4.69) is 66.6 Å². The number of nitrogens with one attached hydrogen (secondary N) is 2. The highest BCUT2D eigenvalue weighted by Crippen LogP contribution is 2.28. The standard InChI is InChI=1S/C37H53N5O3/c1-26(2)25-42(31-14-19-40(20-15-31)28(4)43)32-16-21-41(22-17-32)37(45)35(23-30-11-6-5-9-27(30)3)39-36(44)24-34-33-12-8-7-10-29(33)13-18-38-34/h5-12,26,31-32,34-35,38H,13-25H2,1-4H3,(H,39,44)/t34-,35-/m1/s1. The lowest BCUT2D eigenvalue weighted by molar-refractivity contribution is -0.138. The van der Waals surface area contributed by atoms with Gasteiger partial charge in [-0.15, -0.1) is 0 Å². The first-order valence-corrected chi connectivity index (χ1v) is 17.1. The Bertz CT molecular complexity index is 1310. The number of likely N-dealkylation sites (tertiary alicyclic amines) is 2. The second kappa shape index (κ2) is 15.4. The van der Waals surface area contributed by atoms with Crippen LogP contribution in [0.1, 0.15) is 81.2 Å². The first-order valence-electron chi connectivity index (χ1n) is 17.1. The smallest absolute Gasteiger partial charge is 0.245 e. The molecule has 0 saturated carbocycles. The van der Waals surface area contributed by atoms with Gasteiger partial charge in [0.15, 0.2) is 0 Å². The van der Waals surface area contributed by atoms with Crippen LogP contribution < -0.4 is 10.6 Å². The molecular weight excluding hydrogens is 562 g/mol. The molecule has 3 aliphatic rings. The van der Waals surface area contributed by atoms with Crippen LogP contribution in [0.4, 0.5) is 0 Å². The number of amides is 3. The summed E-state index contributed by atoms with van der Waals surface area (Å²) in [5.74, 6) is 0.649. The Labute approximate surface area is 269 Å². The lowest BCUT2D eigenvalue weighted by Crippen LogP contribution is -2.56. The number of nitrogens with zero attached hydrogens (tertiary/aromatic N) is 3. The molecule has 8 heteroatoms. The summed E-state index contributed by atoms with van der Waals surface area (Å²) in [6.07, 6.45) is 5.64. The molecule has 2 saturated heterocycles. The fraction of sp³-hybridized carbons (Fsp3) is 0.595. The van der Waals surface area contributed by atoms with Crippen molar-refractivity contribution in [3.05, 3.63) is 70.8 Å². The molecule has 2 aromatic carbocycles. The molecule has 2 N–H and O–H groups in total. The Kier molecular flexibility index (Phi) is 11.3. The summed E-state index contributed by atoms with van der Waals surface area (Å²) in [7, 11) is 0. The summed E-state index contributed by atoms with van der Waals surface area (Å²) < 4.78 is 0. The van der Waals surface area contributed by atoms with Crippen LogP contribution in [0, 0.1) is 12.8 Å². The van der Waals surface area contributed by atoms with E-state index >= 15 is 0 Å². The molecule has 0 aromatic heterocycles. The zero-order valence-electron chi connectivity index (χ0n) is 27.8. The predicted octanol–water partition coefficient (Wildman–Crippen LogP) is 4.26. The molecule has 0 spiro atoms. The van der Waals surface area contributed by atoms with Crippen molar-refractivity contribution in [3.63, 3.8) is 0 Å². The van der Waals surface area contributed by atoms with E-state index in [0.717, 1.165) is 69.4 Å². The van der Waals surface area contributed by atoms with Crippen LogP contribution in [-0.2, 0) is 27.2 Å². The van der Waals surface area contributed by atoms with Gasteiger partial charge >= 0.3 is 0 Å². The van der Waals surface area contributed by atoms with Crippen molar-refractivity contribution < 1.29 is 14.4 Å². The third-order valence-corrected chi connectivity index (χ3v) is 10.1. The van der Waals surface area contributed by atoms with Crippen LogP contribution in [0.5, 0.6) is 0 Å². The van der Waals surface area contributed by atoms with Crippen LogP contribution in [0.3, 0.4) is 0 Å². The quantitative estimate of drug-likeness (QED) is 0.418. The van der Waals surface area contributed by atoms with E-state index < -0.39 is 6.04 Å². The van der Waals surface area contributed by atoms with Gasteiger partial charge in [0.05, 0.1) is 0 Å². The SMILES string of the molecule is CC(=O)N1CCC(N(CC(C)C)C2CCN(C(=O)[C@@H](Cc3ccccc3C)NC(=O)C[C@H]3NCCc4ccccc43)CC2)CC1. The van der Waals surface area contributed by atoms with Gasteiger partial charge in [-0.05, 0) is 73.7 Å². The zero-order valence-corrected chi connectivity index (χ0v) is 27.8. The van der Waals surface area contributed by atoms with Crippen molar-refractivity contribution >= 4 is 17.7 Å². The second-order valence-electron chi connectivity index (χ2n) is 13.8. The van der Waals surface area contributed by atoms with Gasteiger partial charge in [-0.1, -0.05) is 62.4 Å². The molecule has 0 radical (unpaired) electrons. The third-order valence-electron chi connectivity index (χ3n) is 10.1. The van der Waals surface area contributed by atoms with Gasteiger partial charge in [0, 0.05) is 70.6 Å². The van der Waals surface area contributed by atoms with Crippen molar-refractivity contribution in [2.45, 2.75) is 96.8 Å². The fourth-order valence-electron chi connectivity index (χ4n) is 7.64. The van der Waals surface area contributed by atoms with Crippen molar-refractivity contribution in [1.82, 2.24) is 25.3 Å². The summed E-state index contributed by atoms with van der Waals surface area (Å²) in [5.41, 5.74) is 4.69. The maximum atomic E-state index is 14.1. The summed E-state index contributed by atoms with van der Waals surface area (Å²) in [5, 5.41) is 6.69. The Morgan fingerprint density at radius 2 is 1.53 bits per heavy atom. The van der Waals surface area contributed by atoms with E-state index in [1.165, 1.54) is 11.1 Å². The first kappa shape index (κ1) is 33.1. The highest BCUT2D eigenvalue weighted by Gasteiger charge is 2.35. The van der Waals surface area contributed by atoms with E-state index in [9.17, 15) is 14.4 Å². The van der Waals surface area contributed by atoms with Crippen LogP contribution in [-0.4, -0.2) is 89.8 Å². The van der Waals surface area contributed by atoms with E-state index in [1.54, 1.807) is 6.92 Å². The third kappa shape index (κ3) is 8.53. The van der Waals surface area contributed by atoms with Crippen molar-refractivity contribution in [2.24, 2.45) is 5.92 Å². The molecule has 3 heterocycles. The highest BCUT2D eigenvalue weighted by atomic mass is 16.2. The van der Waals surface area contributed by atoms with Crippen LogP contribution in [0.15, 0.2) is 48.5 Å². The molecular formula is C37H53N5O3. The maximum absolute atomic E-state index is 14.1. The molecule has 0 unspecified atom stereocenters. The Hall–Kier alpha value is -3.23. The highest BCUT2D eigenvalue weighted by molar-refractivity contribution is 5.88. The molecule has 0 aliphatic carbocycles. The predicted molar refractivity (Wildman–Crippen MR) is 179 cm³/mol. The Morgan fingerprint density at radius 3 is 2.18 bits per heavy atom. The molecule has 3 amide bonds. The fourth-order valence-corrected chi connectivity index (χ4v) is 7.64. The molecule has 244 valence electrons. The average molecular weight is 616 g/mol. The first-order chi connectivity index (χ1) is 21.7. The lowest BCUT2D eigenvalue weighted by atomic mass is 9.92. The number of carbonyl (C=O) groups excluding carboxylic acids is 3. The van der Waals surface area contributed by atoms with Gasteiger partial charge in [-0.2, -0.15) is 0 Å². The Morgan fingerprint density at radius 1 is 0.911 bits per heavy atom. The van der Waals surface area contributed by atoms with Crippen molar-refractivity contribution in [2.75, 3.05) is 39.3 Å². The van der Waals surface area contributed by atoms with Crippen molar-refractivity contribution in [1.29, 1.82) is 0 Å². The minimum Gasteiger partial charge on any atom is -0.344 e. The maximum Gasteiger partial charge on any atom is 0.245 e. The Balaban J connectivity index is 1.24. The minimum absolute atomic E-state index is 0.0206. The normalized spacial score (nSPS) is 20.3. The molecule has 2 fully saturated rings. The molecule has 45 heavy (non-hydrogen) atoms. The summed E-state index contributed by atoms with van der Waals surface area (Å²) in [6, 6.07) is 16.7. The van der Waals surface area contributed by atoms with Gasteiger partial charge in [0.25, 0.3) is 0 Å². The number of hydrogen-bond donors (Lipinski definition) is 2. The molecule has 2 aromatic rings. The second-order valence-corrected chi connectivity index (χ2v) is 13.8. The largest absolute Gasteiger partial charge is 0.344 e. The molecule has 3 aliphatic heterocycles. The van der Waals surface area contributed by atoms with Crippen LogP contribution >= 0.6 is 0 Å². The summed E-state index contributed by atoms with van der Waals surface area (Å²) in [4.78, 5) is 46.2. The van der Waals surface area contributed by atoms with Crippen LogP contribution in [0.25, 0.3) is 0 Å². The number of carbonyl (C=O) groups is 3. The number of aryl methyl sites for hydroxylation is 1. The van der Waals surface area contributed by atoms with E-state index in [4.69, 9.17) is 0 Å². The van der Waals surface area contributed by atoms with E-state index in [0.29, 0.717) is 43.9 Å². The minimum atomic E-state index is -0.600. The van der Waals surface area contributed by atoms with Gasteiger partial charge in [-0.3, -0.25) is 19.3 Å². The van der Waals surface area contributed by atoms with Crippen LogP contribution in [0.2, 0.25) is 0 Å². The van der Waals surface area contributed by atoms with Gasteiger partial charge < -0.3 is 20.4 Å². The molecule has 5 rings (SSSR count). The number of rotatable bonds is 10. The monoisotopic (exact) mass is 615 g/mol. The summed E-state index contributed by atoms with van der Waals surface area (Å²) >= 11 is 0. The topological polar surface area (TPSA) is 85.0 Å². The number of piperidine rings is 2. The number of fused-ring (bicyclic) bond motifs is 1. The van der Waals surface area contributed by atoms with E-state index in [-0.39, 0.29) is 23.8 Å². The lowest BCUT2D eigenvalue weighted by Gasteiger charge is -2.46. The molecule has 8 nitrogen and oxygen atoms in total. The summed E-state index contributed by atoms with van der Waals surface area (Å²) in [6.45, 7) is 13.2. The van der Waals surface area contributed by atoms with Gasteiger partial charge in [0.1, 0.15) is 6.04 Å². The van der Waals surface area contributed by atoms with E-state index in [1.807, 2.05) is 28.0 Å².